The molecule has 136 valence electrons. The molecule has 0 radical (unpaired) electrons. The third kappa shape index (κ3) is 2.40. The molecule has 1 aliphatic carbocycles. The minimum atomic E-state index is -0.635. The molecule has 5 rings (SSSR count). The first-order valence-electron chi connectivity index (χ1n) is 9.35. The number of carbonyl (C=O) groups excluding carboxylic acids is 2. The normalized spacial score (nSPS) is 27.6. The van der Waals surface area contributed by atoms with Crippen LogP contribution < -0.4 is 0 Å². The van der Waals surface area contributed by atoms with Gasteiger partial charge >= 0.3 is 0 Å². The summed E-state index contributed by atoms with van der Waals surface area (Å²) < 4.78 is 11.5. The molecule has 3 heterocycles. The topological polar surface area (TPSA) is 71.6 Å². The van der Waals surface area contributed by atoms with Crippen LogP contribution in [0.25, 0.3) is 10.9 Å². The number of aromatic nitrogens is 1. The van der Waals surface area contributed by atoms with Crippen molar-refractivity contribution in [1.29, 1.82) is 0 Å². The summed E-state index contributed by atoms with van der Waals surface area (Å²) >= 11 is 0. The number of hydrogen-bond acceptors (Lipinski definition) is 4. The second-order valence-corrected chi connectivity index (χ2v) is 7.50. The van der Waals surface area contributed by atoms with Gasteiger partial charge in [0.05, 0.1) is 25.0 Å². The van der Waals surface area contributed by atoms with E-state index >= 15 is 0 Å². The lowest BCUT2D eigenvalue weighted by molar-refractivity contribution is -0.193. The minimum absolute atomic E-state index is 0.0207. The Kier molecular flexibility index (Phi) is 3.65. The van der Waals surface area contributed by atoms with Crippen molar-refractivity contribution in [3.05, 3.63) is 36.0 Å². The molecule has 26 heavy (non-hydrogen) atoms. The van der Waals surface area contributed by atoms with E-state index < -0.39 is 5.79 Å². The number of imide groups is 1. The second-order valence-electron chi connectivity index (χ2n) is 7.50. The van der Waals surface area contributed by atoms with Crippen molar-refractivity contribution in [2.24, 2.45) is 11.8 Å². The molecule has 1 spiro atoms. The molecule has 0 bridgehead atoms. The van der Waals surface area contributed by atoms with E-state index in [9.17, 15) is 9.59 Å². The Labute approximate surface area is 151 Å². The fourth-order valence-electron chi connectivity index (χ4n) is 4.77. The molecule has 2 saturated heterocycles. The first-order chi connectivity index (χ1) is 12.7. The second kappa shape index (κ2) is 5.93. The van der Waals surface area contributed by atoms with Gasteiger partial charge < -0.3 is 14.5 Å². The molecule has 2 aromatic rings. The Bertz CT molecular complexity index is 868. The molecular weight excluding hydrogens is 332 g/mol. The summed E-state index contributed by atoms with van der Waals surface area (Å²) in [6.45, 7) is 1.58. The molecule has 2 aliphatic heterocycles. The number of amides is 2. The van der Waals surface area contributed by atoms with Crippen LogP contribution >= 0.6 is 0 Å². The Morgan fingerprint density at radius 1 is 1.12 bits per heavy atom. The Morgan fingerprint density at radius 2 is 1.88 bits per heavy atom. The van der Waals surface area contributed by atoms with Gasteiger partial charge in [0.15, 0.2) is 5.79 Å². The first kappa shape index (κ1) is 16.0. The summed E-state index contributed by atoms with van der Waals surface area (Å²) in [5, 5.41) is 1.15. The number of nitrogens with one attached hydrogen (secondary N) is 1. The fraction of sp³-hybridized carbons (Fsp3) is 0.500. The van der Waals surface area contributed by atoms with Crippen LogP contribution in [-0.2, 0) is 25.5 Å². The average molecular weight is 354 g/mol. The van der Waals surface area contributed by atoms with E-state index in [1.165, 1.54) is 4.90 Å². The molecule has 1 aromatic carbocycles. The molecule has 3 fully saturated rings. The largest absolute Gasteiger partial charge is 0.361 e. The summed E-state index contributed by atoms with van der Waals surface area (Å²) in [6, 6.07) is 8.08. The van der Waals surface area contributed by atoms with Gasteiger partial charge in [-0.05, 0) is 24.5 Å². The monoisotopic (exact) mass is 354 g/mol. The third-order valence-corrected chi connectivity index (χ3v) is 6.11. The van der Waals surface area contributed by atoms with E-state index in [4.69, 9.17) is 9.47 Å². The smallest absolute Gasteiger partial charge is 0.233 e. The lowest BCUT2D eigenvalue weighted by Gasteiger charge is -2.35. The Hall–Kier alpha value is -2.18. The molecule has 6 nitrogen and oxygen atoms in total. The van der Waals surface area contributed by atoms with Crippen molar-refractivity contribution in [3.63, 3.8) is 0 Å². The molecular formula is C20H22N2O4. The molecule has 1 saturated carbocycles. The number of likely N-dealkylation sites (tertiary alicyclic amines) is 1. The number of para-hydroxylation sites is 1. The quantitative estimate of drug-likeness (QED) is 0.858. The van der Waals surface area contributed by atoms with Gasteiger partial charge in [-0.25, -0.2) is 0 Å². The summed E-state index contributed by atoms with van der Waals surface area (Å²) in [4.78, 5) is 30.4. The van der Waals surface area contributed by atoms with E-state index in [-0.39, 0.29) is 23.7 Å². The number of H-pyrrole nitrogens is 1. The summed E-state index contributed by atoms with van der Waals surface area (Å²) in [7, 11) is 0. The summed E-state index contributed by atoms with van der Waals surface area (Å²) in [6.07, 6.45) is 4.51. The van der Waals surface area contributed by atoms with Crippen LogP contribution in [0.2, 0.25) is 0 Å². The van der Waals surface area contributed by atoms with Crippen LogP contribution in [0, 0.1) is 11.8 Å². The highest BCUT2D eigenvalue weighted by Gasteiger charge is 2.55. The zero-order valence-corrected chi connectivity index (χ0v) is 14.6. The van der Waals surface area contributed by atoms with Crippen LogP contribution in [-0.4, -0.2) is 47.2 Å². The summed E-state index contributed by atoms with van der Waals surface area (Å²) in [5.41, 5.74) is 2.21. The van der Waals surface area contributed by atoms with Gasteiger partial charge in [-0.3, -0.25) is 14.5 Å². The van der Waals surface area contributed by atoms with Crippen molar-refractivity contribution in [2.45, 2.75) is 31.5 Å². The maximum Gasteiger partial charge on any atom is 0.233 e. The Morgan fingerprint density at radius 3 is 2.73 bits per heavy atom. The molecule has 2 amide bonds. The van der Waals surface area contributed by atoms with Crippen LogP contribution in [0.15, 0.2) is 30.5 Å². The predicted molar refractivity (Wildman–Crippen MR) is 94.2 cm³/mol. The predicted octanol–water partition coefficient (Wildman–Crippen LogP) is 2.24. The average Bonchev–Trinajstić information content (AvgIpc) is 3.34. The number of ether oxygens (including phenoxy) is 2. The zero-order chi connectivity index (χ0) is 17.7. The molecule has 1 aromatic heterocycles. The van der Waals surface area contributed by atoms with Gasteiger partial charge in [0.25, 0.3) is 0 Å². The summed E-state index contributed by atoms with van der Waals surface area (Å²) in [5.74, 6) is -1.21. The van der Waals surface area contributed by atoms with Crippen molar-refractivity contribution in [3.8, 4) is 0 Å². The van der Waals surface area contributed by atoms with E-state index in [2.05, 4.69) is 11.1 Å². The Balaban J connectivity index is 1.32. The maximum absolute atomic E-state index is 12.9. The number of rotatable bonds is 3. The molecule has 1 N–H and O–H groups in total. The van der Waals surface area contributed by atoms with Crippen molar-refractivity contribution < 1.29 is 19.1 Å². The van der Waals surface area contributed by atoms with Crippen molar-refractivity contribution >= 4 is 22.7 Å². The van der Waals surface area contributed by atoms with Crippen LogP contribution in [0.4, 0.5) is 0 Å². The van der Waals surface area contributed by atoms with E-state index in [0.29, 0.717) is 45.4 Å². The lowest BCUT2D eigenvalue weighted by atomic mass is 9.77. The molecule has 2 atom stereocenters. The van der Waals surface area contributed by atoms with E-state index in [0.717, 1.165) is 16.5 Å². The third-order valence-electron chi connectivity index (χ3n) is 6.11. The number of nitrogens with zero attached hydrogens (tertiary/aromatic N) is 1. The van der Waals surface area contributed by atoms with Crippen molar-refractivity contribution in [1.82, 2.24) is 9.88 Å². The van der Waals surface area contributed by atoms with Crippen LogP contribution in [0.5, 0.6) is 0 Å². The number of fused-ring (bicyclic) bond motifs is 2. The van der Waals surface area contributed by atoms with E-state index in [1.807, 2.05) is 24.4 Å². The molecule has 6 heteroatoms. The maximum atomic E-state index is 12.9. The highest BCUT2D eigenvalue weighted by Crippen LogP contribution is 2.46. The van der Waals surface area contributed by atoms with Gasteiger partial charge in [0.2, 0.25) is 11.8 Å². The molecule has 3 aliphatic rings. The first-order valence-corrected chi connectivity index (χ1v) is 9.35. The number of carbonyl (C=O) groups is 2. The van der Waals surface area contributed by atoms with Crippen LogP contribution in [0.1, 0.15) is 24.8 Å². The highest BCUT2D eigenvalue weighted by atomic mass is 16.7. The van der Waals surface area contributed by atoms with Gasteiger partial charge in [0.1, 0.15) is 0 Å². The van der Waals surface area contributed by atoms with Crippen LogP contribution in [0.3, 0.4) is 0 Å². The van der Waals surface area contributed by atoms with E-state index in [1.54, 1.807) is 0 Å². The van der Waals surface area contributed by atoms with Gasteiger partial charge in [-0.2, -0.15) is 0 Å². The fourth-order valence-corrected chi connectivity index (χ4v) is 4.77. The van der Waals surface area contributed by atoms with Gasteiger partial charge in [-0.1, -0.05) is 18.2 Å². The highest BCUT2D eigenvalue weighted by molar-refractivity contribution is 6.05. The number of hydrogen-bond donors (Lipinski definition) is 1. The SMILES string of the molecule is O=C1[C@H]2CC3(CC[C@H]2C(=O)N1CCc1c[nH]c2ccccc12)OCCO3. The van der Waals surface area contributed by atoms with Crippen molar-refractivity contribution in [2.75, 3.05) is 19.8 Å². The van der Waals surface area contributed by atoms with Gasteiger partial charge in [0, 0.05) is 36.5 Å². The number of benzene rings is 1. The number of aromatic amines is 1. The molecule has 0 unspecified atom stereocenters. The lowest BCUT2D eigenvalue weighted by Crippen LogP contribution is -2.41. The minimum Gasteiger partial charge on any atom is -0.361 e. The standard InChI is InChI=1S/C20H22N2O4/c23-18-15-5-7-20(25-9-10-26-20)11-16(15)19(24)22(18)8-6-13-12-21-17-4-2-1-3-14(13)17/h1-4,12,15-16,21H,5-11H2/t15-,16+/m1/s1. The van der Waals surface area contributed by atoms with Gasteiger partial charge in [-0.15, -0.1) is 0 Å². The zero-order valence-electron chi connectivity index (χ0n) is 14.6.